The van der Waals surface area contributed by atoms with Gasteiger partial charge in [-0.2, -0.15) is 0 Å². The van der Waals surface area contributed by atoms with Crippen molar-refractivity contribution >= 4 is 0 Å². The van der Waals surface area contributed by atoms with E-state index in [1.807, 2.05) is 0 Å². The van der Waals surface area contributed by atoms with Crippen molar-refractivity contribution in [3.63, 3.8) is 0 Å². The Labute approximate surface area is 70.0 Å². The molecular weight excluding hydrogens is 132 g/mol. The molecule has 0 spiro atoms. The van der Waals surface area contributed by atoms with Crippen LogP contribution in [0, 0.1) is 0 Å². The molecule has 0 bridgehead atoms. The first kappa shape index (κ1) is 8.58. The Kier molecular flexibility index (Phi) is 2.92. The third kappa shape index (κ3) is 1.95. The van der Waals surface area contributed by atoms with Gasteiger partial charge in [-0.25, -0.2) is 0 Å². The van der Waals surface area contributed by atoms with Crippen LogP contribution in [0.5, 0.6) is 0 Å². The molecule has 0 aromatic rings. The van der Waals surface area contributed by atoms with Crippen LogP contribution >= 0.6 is 0 Å². The van der Waals surface area contributed by atoms with Crippen molar-refractivity contribution in [2.75, 3.05) is 0 Å². The fraction of sp³-hybridized carbons (Fsp3) is 0.636. The second kappa shape index (κ2) is 3.75. The van der Waals surface area contributed by atoms with Crippen molar-refractivity contribution in [1.82, 2.24) is 0 Å². The number of hydrogen-bond acceptors (Lipinski definition) is 0. The summed E-state index contributed by atoms with van der Waals surface area (Å²) in [5.41, 5.74) is 4.52. The largest absolute Gasteiger partial charge is 0.0956 e. The van der Waals surface area contributed by atoms with Gasteiger partial charge < -0.3 is 0 Å². The van der Waals surface area contributed by atoms with E-state index >= 15 is 0 Å². The van der Waals surface area contributed by atoms with Crippen LogP contribution in [0.3, 0.4) is 0 Å². The van der Waals surface area contributed by atoms with Gasteiger partial charge in [-0.05, 0) is 44.6 Å². The molecule has 0 heterocycles. The van der Waals surface area contributed by atoms with Gasteiger partial charge in [0.1, 0.15) is 0 Å². The summed E-state index contributed by atoms with van der Waals surface area (Å²) in [5.74, 6) is 0. The number of allylic oxidation sites excluding steroid dienone is 3. The van der Waals surface area contributed by atoms with Crippen LogP contribution in [0.2, 0.25) is 0 Å². The number of rotatable bonds is 2. The molecule has 0 radical (unpaired) electrons. The second-order valence-electron chi connectivity index (χ2n) is 3.42. The first-order valence-corrected chi connectivity index (χ1v) is 4.62. The predicted molar refractivity (Wildman–Crippen MR) is 50.6 cm³/mol. The quantitative estimate of drug-likeness (QED) is 0.561. The Balaban J connectivity index is 2.74. The SMILES string of the molecule is C=C(CC)C1=C(C)CCCC1. The maximum absolute atomic E-state index is 4.09. The Morgan fingerprint density at radius 1 is 1.36 bits per heavy atom. The van der Waals surface area contributed by atoms with Gasteiger partial charge in [-0.15, -0.1) is 0 Å². The maximum atomic E-state index is 4.09. The normalized spacial score (nSPS) is 18.7. The monoisotopic (exact) mass is 150 g/mol. The summed E-state index contributed by atoms with van der Waals surface area (Å²) in [4.78, 5) is 0. The van der Waals surface area contributed by atoms with Gasteiger partial charge in [0.05, 0.1) is 0 Å². The van der Waals surface area contributed by atoms with Crippen molar-refractivity contribution < 1.29 is 0 Å². The van der Waals surface area contributed by atoms with Gasteiger partial charge in [-0.3, -0.25) is 0 Å². The van der Waals surface area contributed by atoms with Crippen molar-refractivity contribution in [2.24, 2.45) is 0 Å². The average Bonchev–Trinajstić information content (AvgIpc) is 2.04. The first-order valence-electron chi connectivity index (χ1n) is 4.62. The van der Waals surface area contributed by atoms with E-state index < -0.39 is 0 Å². The van der Waals surface area contributed by atoms with E-state index in [0.717, 1.165) is 6.42 Å². The molecule has 1 rings (SSSR count). The highest BCUT2D eigenvalue weighted by molar-refractivity contribution is 5.33. The summed E-state index contributed by atoms with van der Waals surface area (Å²) in [6, 6.07) is 0. The summed E-state index contributed by atoms with van der Waals surface area (Å²) >= 11 is 0. The molecule has 0 heteroatoms. The Morgan fingerprint density at radius 3 is 2.55 bits per heavy atom. The maximum Gasteiger partial charge on any atom is -0.0277 e. The molecule has 0 atom stereocenters. The van der Waals surface area contributed by atoms with E-state index in [-0.39, 0.29) is 0 Å². The molecule has 0 saturated carbocycles. The van der Waals surface area contributed by atoms with Gasteiger partial charge in [0, 0.05) is 0 Å². The molecule has 0 aromatic heterocycles. The zero-order valence-corrected chi connectivity index (χ0v) is 7.74. The van der Waals surface area contributed by atoms with E-state index in [1.165, 1.54) is 31.3 Å². The van der Waals surface area contributed by atoms with Crippen molar-refractivity contribution in [1.29, 1.82) is 0 Å². The Hall–Kier alpha value is -0.520. The molecule has 62 valence electrons. The minimum atomic E-state index is 1.12. The molecule has 0 amide bonds. The number of hydrogen-bond donors (Lipinski definition) is 0. The van der Waals surface area contributed by atoms with Crippen LogP contribution in [0.15, 0.2) is 23.3 Å². The van der Waals surface area contributed by atoms with Crippen LogP contribution in [0.25, 0.3) is 0 Å². The molecule has 0 N–H and O–H groups in total. The lowest BCUT2D eigenvalue weighted by Crippen LogP contribution is -1.98. The van der Waals surface area contributed by atoms with Crippen molar-refractivity contribution in [2.45, 2.75) is 46.0 Å². The lowest BCUT2D eigenvalue weighted by molar-refractivity contribution is 0.673. The molecular formula is C11H18. The van der Waals surface area contributed by atoms with Gasteiger partial charge in [-0.1, -0.05) is 24.6 Å². The molecule has 0 fully saturated rings. The second-order valence-corrected chi connectivity index (χ2v) is 3.42. The summed E-state index contributed by atoms with van der Waals surface area (Å²) in [6.07, 6.45) is 6.44. The minimum absolute atomic E-state index is 1.12. The molecule has 0 aliphatic heterocycles. The van der Waals surface area contributed by atoms with Gasteiger partial charge in [0.25, 0.3) is 0 Å². The smallest absolute Gasteiger partial charge is 0.0277 e. The lowest BCUT2D eigenvalue weighted by atomic mass is 9.88. The van der Waals surface area contributed by atoms with Gasteiger partial charge in [0.2, 0.25) is 0 Å². The van der Waals surface area contributed by atoms with Crippen LogP contribution in [-0.4, -0.2) is 0 Å². The summed E-state index contributed by atoms with van der Waals surface area (Å²) < 4.78 is 0. The van der Waals surface area contributed by atoms with E-state index in [2.05, 4.69) is 20.4 Å². The summed E-state index contributed by atoms with van der Waals surface area (Å²) in [7, 11) is 0. The highest BCUT2D eigenvalue weighted by atomic mass is 14.2. The lowest BCUT2D eigenvalue weighted by Gasteiger charge is -2.18. The summed E-state index contributed by atoms with van der Waals surface area (Å²) in [6.45, 7) is 8.54. The molecule has 1 aliphatic rings. The Morgan fingerprint density at radius 2 is 2.00 bits per heavy atom. The van der Waals surface area contributed by atoms with Gasteiger partial charge in [0.15, 0.2) is 0 Å². The molecule has 0 aromatic carbocycles. The third-order valence-electron chi connectivity index (χ3n) is 2.60. The van der Waals surface area contributed by atoms with Crippen LogP contribution in [-0.2, 0) is 0 Å². The fourth-order valence-electron chi connectivity index (χ4n) is 1.75. The van der Waals surface area contributed by atoms with Crippen LogP contribution in [0.4, 0.5) is 0 Å². The highest BCUT2D eigenvalue weighted by Crippen LogP contribution is 2.29. The topological polar surface area (TPSA) is 0 Å². The van der Waals surface area contributed by atoms with Crippen molar-refractivity contribution in [3.05, 3.63) is 23.3 Å². The van der Waals surface area contributed by atoms with Gasteiger partial charge >= 0.3 is 0 Å². The van der Waals surface area contributed by atoms with E-state index in [0.29, 0.717) is 0 Å². The van der Waals surface area contributed by atoms with E-state index in [1.54, 1.807) is 11.1 Å². The zero-order valence-electron chi connectivity index (χ0n) is 7.74. The van der Waals surface area contributed by atoms with E-state index in [9.17, 15) is 0 Å². The van der Waals surface area contributed by atoms with Crippen LogP contribution in [0.1, 0.15) is 46.0 Å². The standard InChI is InChI=1S/C11H18/c1-4-9(2)11-8-6-5-7-10(11)3/h2,4-8H2,1,3H3. The fourth-order valence-corrected chi connectivity index (χ4v) is 1.75. The predicted octanol–water partition coefficient (Wildman–Crippen LogP) is 3.84. The molecule has 0 saturated heterocycles. The summed E-state index contributed by atoms with van der Waals surface area (Å²) in [5, 5.41) is 0. The molecule has 0 unspecified atom stereocenters. The van der Waals surface area contributed by atoms with E-state index in [4.69, 9.17) is 0 Å². The average molecular weight is 150 g/mol. The Bertz CT molecular complexity index is 184. The van der Waals surface area contributed by atoms with Crippen LogP contribution < -0.4 is 0 Å². The minimum Gasteiger partial charge on any atom is -0.0956 e. The van der Waals surface area contributed by atoms with Crippen molar-refractivity contribution in [3.8, 4) is 0 Å². The zero-order chi connectivity index (χ0) is 8.27. The molecule has 0 nitrogen and oxygen atoms in total. The molecule has 1 aliphatic carbocycles. The first-order chi connectivity index (χ1) is 5.25. The third-order valence-corrected chi connectivity index (χ3v) is 2.60. The molecule has 11 heavy (non-hydrogen) atoms. The highest BCUT2D eigenvalue weighted by Gasteiger charge is 2.09.